The maximum atomic E-state index is 3.57. The minimum absolute atomic E-state index is 0.252. The lowest BCUT2D eigenvalue weighted by molar-refractivity contribution is 0.151. The zero-order valence-electron chi connectivity index (χ0n) is 13.2. The second-order valence-electron chi connectivity index (χ2n) is 7.01. The Morgan fingerprint density at radius 1 is 1.11 bits per heavy atom. The molecule has 1 N–H and O–H groups in total. The van der Waals surface area contributed by atoms with Crippen molar-refractivity contribution in [3.63, 3.8) is 0 Å². The Kier molecular flexibility index (Phi) is 4.35. The van der Waals surface area contributed by atoms with Crippen molar-refractivity contribution in [1.82, 2.24) is 5.32 Å². The van der Waals surface area contributed by atoms with Crippen LogP contribution in [0, 0.1) is 18.8 Å². The number of aryl methyl sites for hydroxylation is 1. The fourth-order valence-corrected chi connectivity index (χ4v) is 3.76. The molecule has 1 aliphatic carbocycles. The highest BCUT2D eigenvalue weighted by atomic mass is 14.9. The summed E-state index contributed by atoms with van der Waals surface area (Å²) in [5.41, 5.74) is 3.08. The van der Waals surface area contributed by atoms with Crippen LogP contribution < -0.4 is 5.32 Å². The Morgan fingerprint density at radius 2 is 1.74 bits per heavy atom. The summed E-state index contributed by atoms with van der Waals surface area (Å²) in [4.78, 5) is 0. The van der Waals surface area contributed by atoms with E-state index in [4.69, 9.17) is 0 Å². The van der Waals surface area contributed by atoms with E-state index in [-0.39, 0.29) is 5.41 Å². The van der Waals surface area contributed by atoms with Gasteiger partial charge in [0, 0.05) is 6.04 Å². The lowest BCUT2D eigenvalue weighted by atomic mass is 9.63. The Hall–Kier alpha value is -0.820. The average Bonchev–Trinajstić information content (AvgIpc) is 2.38. The molecule has 1 fully saturated rings. The molecule has 3 atom stereocenters. The molecule has 0 spiro atoms. The largest absolute Gasteiger partial charge is 0.317 e. The molecule has 1 aromatic rings. The molecule has 2 rings (SSSR count). The van der Waals surface area contributed by atoms with Gasteiger partial charge >= 0.3 is 0 Å². The number of benzene rings is 1. The monoisotopic (exact) mass is 259 g/mol. The van der Waals surface area contributed by atoms with Crippen LogP contribution in [0.1, 0.15) is 51.2 Å². The third-order valence-corrected chi connectivity index (χ3v) is 5.21. The molecule has 0 aliphatic heterocycles. The van der Waals surface area contributed by atoms with Crippen LogP contribution in [0.4, 0.5) is 0 Å². The molecule has 19 heavy (non-hydrogen) atoms. The molecule has 1 saturated carbocycles. The normalized spacial score (nSPS) is 28.4. The highest BCUT2D eigenvalue weighted by Crippen LogP contribution is 2.42. The first-order valence-electron chi connectivity index (χ1n) is 7.69. The Balaban J connectivity index is 2.24. The van der Waals surface area contributed by atoms with Gasteiger partial charge in [0.05, 0.1) is 0 Å². The fourth-order valence-electron chi connectivity index (χ4n) is 3.76. The van der Waals surface area contributed by atoms with Crippen LogP contribution in [-0.2, 0) is 5.41 Å². The van der Waals surface area contributed by atoms with Gasteiger partial charge in [0.1, 0.15) is 0 Å². The molecule has 1 aliphatic rings. The fraction of sp³-hybridized carbons (Fsp3) is 0.667. The van der Waals surface area contributed by atoms with Gasteiger partial charge in [-0.15, -0.1) is 0 Å². The van der Waals surface area contributed by atoms with E-state index in [1.807, 2.05) is 0 Å². The van der Waals surface area contributed by atoms with Crippen LogP contribution in [0.2, 0.25) is 0 Å². The molecule has 3 unspecified atom stereocenters. The predicted octanol–water partition coefficient (Wildman–Crippen LogP) is 4.30. The summed E-state index contributed by atoms with van der Waals surface area (Å²) < 4.78 is 0. The second kappa shape index (κ2) is 5.66. The highest BCUT2D eigenvalue weighted by Gasteiger charge is 2.39. The van der Waals surface area contributed by atoms with Crippen LogP contribution in [0.15, 0.2) is 24.3 Å². The number of nitrogens with one attached hydrogen (secondary N) is 1. The standard InChI is InChI=1S/C18H29N/c1-13-6-9-15(10-7-13)18(3,4)16-11-8-14(2)12-17(16)19-5/h6-7,9-10,14,16-17,19H,8,11-12H2,1-5H3. The zero-order chi connectivity index (χ0) is 14.0. The lowest BCUT2D eigenvalue weighted by Gasteiger charge is -2.44. The van der Waals surface area contributed by atoms with Crippen molar-refractivity contribution in [3.05, 3.63) is 35.4 Å². The lowest BCUT2D eigenvalue weighted by Crippen LogP contribution is -2.47. The maximum Gasteiger partial charge on any atom is 0.0103 e. The van der Waals surface area contributed by atoms with E-state index in [0.717, 1.165) is 11.8 Å². The first kappa shape index (κ1) is 14.6. The minimum atomic E-state index is 0.252. The van der Waals surface area contributed by atoms with Crippen molar-refractivity contribution >= 4 is 0 Å². The van der Waals surface area contributed by atoms with Crippen LogP contribution in [0.25, 0.3) is 0 Å². The first-order valence-corrected chi connectivity index (χ1v) is 7.69. The van der Waals surface area contributed by atoms with Crippen molar-refractivity contribution in [2.24, 2.45) is 11.8 Å². The van der Waals surface area contributed by atoms with Crippen molar-refractivity contribution in [2.75, 3.05) is 7.05 Å². The second-order valence-corrected chi connectivity index (χ2v) is 7.01. The van der Waals surface area contributed by atoms with Crippen LogP contribution in [0.5, 0.6) is 0 Å². The zero-order valence-corrected chi connectivity index (χ0v) is 13.2. The molecule has 0 radical (unpaired) electrons. The molecule has 0 saturated heterocycles. The Bertz CT molecular complexity index is 404. The van der Waals surface area contributed by atoms with E-state index in [0.29, 0.717) is 6.04 Å². The summed E-state index contributed by atoms with van der Waals surface area (Å²) >= 11 is 0. The smallest absolute Gasteiger partial charge is 0.0103 e. The van der Waals surface area contributed by atoms with Gasteiger partial charge < -0.3 is 5.32 Å². The summed E-state index contributed by atoms with van der Waals surface area (Å²) in [7, 11) is 2.13. The third kappa shape index (κ3) is 3.02. The molecule has 0 amide bonds. The van der Waals surface area contributed by atoms with E-state index in [9.17, 15) is 0 Å². The molecular weight excluding hydrogens is 230 g/mol. The average molecular weight is 259 g/mol. The molecule has 0 aromatic heterocycles. The van der Waals surface area contributed by atoms with Crippen LogP contribution >= 0.6 is 0 Å². The molecule has 1 aromatic carbocycles. The molecule has 106 valence electrons. The van der Waals surface area contributed by atoms with E-state index in [1.54, 1.807) is 0 Å². The maximum absolute atomic E-state index is 3.57. The topological polar surface area (TPSA) is 12.0 Å². The number of rotatable bonds is 3. The first-order chi connectivity index (χ1) is 8.95. The summed E-state index contributed by atoms with van der Waals surface area (Å²) in [6.07, 6.45) is 4.03. The minimum Gasteiger partial charge on any atom is -0.317 e. The van der Waals surface area contributed by atoms with Crippen molar-refractivity contribution < 1.29 is 0 Å². The summed E-state index contributed by atoms with van der Waals surface area (Å²) in [6, 6.07) is 9.79. The van der Waals surface area contributed by atoms with E-state index >= 15 is 0 Å². The summed E-state index contributed by atoms with van der Waals surface area (Å²) in [5, 5.41) is 3.57. The number of hydrogen-bond donors (Lipinski definition) is 1. The molecule has 0 bridgehead atoms. The highest BCUT2D eigenvalue weighted by molar-refractivity contribution is 5.29. The van der Waals surface area contributed by atoms with Gasteiger partial charge in [-0.05, 0) is 49.6 Å². The molecule has 0 heterocycles. The van der Waals surface area contributed by atoms with Gasteiger partial charge in [-0.1, -0.05) is 57.0 Å². The number of hydrogen-bond acceptors (Lipinski definition) is 1. The Labute approximate surface area is 118 Å². The predicted molar refractivity (Wildman–Crippen MR) is 83.6 cm³/mol. The molecule has 1 nitrogen and oxygen atoms in total. The van der Waals surface area contributed by atoms with Gasteiger partial charge in [-0.2, -0.15) is 0 Å². The summed E-state index contributed by atoms with van der Waals surface area (Å²) in [6.45, 7) is 9.39. The molecular formula is C18H29N. The van der Waals surface area contributed by atoms with E-state index in [1.165, 1.54) is 30.4 Å². The van der Waals surface area contributed by atoms with Gasteiger partial charge in [0.2, 0.25) is 0 Å². The van der Waals surface area contributed by atoms with Gasteiger partial charge in [0.25, 0.3) is 0 Å². The molecule has 1 heteroatoms. The van der Waals surface area contributed by atoms with E-state index < -0.39 is 0 Å². The van der Waals surface area contributed by atoms with Gasteiger partial charge in [0.15, 0.2) is 0 Å². The van der Waals surface area contributed by atoms with E-state index in [2.05, 4.69) is 64.3 Å². The van der Waals surface area contributed by atoms with Gasteiger partial charge in [-0.3, -0.25) is 0 Å². The summed E-state index contributed by atoms with van der Waals surface area (Å²) in [5.74, 6) is 1.60. The third-order valence-electron chi connectivity index (χ3n) is 5.21. The van der Waals surface area contributed by atoms with Gasteiger partial charge in [-0.25, -0.2) is 0 Å². The van der Waals surface area contributed by atoms with Crippen molar-refractivity contribution in [1.29, 1.82) is 0 Å². The SMILES string of the molecule is CNC1CC(C)CCC1C(C)(C)c1ccc(C)cc1. The van der Waals surface area contributed by atoms with Crippen LogP contribution in [-0.4, -0.2) is 13.1 Å². The van der Waals surface area contributed by atoms with Crippen molar-refractivity contribution in [3.8, 4) is 0 Å². The van der Waals surface area contributed by atoms with Crippen LogP contribution in [0.3, 0.4) is 0 Å². The quantitative estimate of drug-likeness (QED) is 0.853. The van der Waals surface area contributed by atoms with Crippen molar-refractivity contribution in [2.45, 2.75) is 58.4 Å². The Morgan fingerprint density at radius 3 is 2.32 bits per heavy atom.